The van der Waals surface area contributed by atoms with E-state index in [1.165, 1.54) is 0 Å². The van der Waals surface area contributed by atoms with Crippen LogP contribution in [0.15, 0.2) is 48.8 Å². The summed E-state index contributed by atoms with van der Waals surface area (Å²) in [6.45, 7) is 0.613. The fourth-order valence-corrected chi connectivity index (χ4v) is 1.61. The molecule has 0 saturated carbocycles. The SMILES string of the molecule is Oc1ccccc1NC(=S)NCc1ccncc1. The third-order valence-corrected chi connectivity index (χ3v) is 2.60. The van der Waals surface area contributed by atoms with Gasteiger partial charge >= 0.3 is 0 Å². The van der Waals surface area contributed by atoms with Gasteiger partial charge in [-0.05, 0) is 42.0 Å². The van der Waals surface area contributed by atoms with Crippen molar-refractivity contribution in [3.05, 3.63) is 54.4 Å². The quantitative estimate of drug-likeness (QED) is 0.583. The van der Waals surface area contributed by atoms with Crippen molar-refractivity contribution in [2.24, 2.45) is 0 Å². The Morgan fingerprint density at radius 3 is 2.61 bits per heavy atom. The average Bonchev–Trinajstić information content (AvgIpc) is 2.40. The van der Waals surface area contributed by atoms with Crippen LogP contribution in [0.3, 0.4) is 0 Å². The molecule has 5 heteroatoms. The summed E-state index contributed by atoms with van der Waals surface area (Å²) in [5.74, 6) is 0.172. The third-order valence-electron chi connectivity index (χ3n) is 2.35. The number of nitrogens with zero attached hydrogens (tertiary/aromatic N) is 1. The summed E-state index contributed by atoms with van der Waals surface area (Å²) in [6, 6.07) is 10.8. The molecule has 4 nitrogen and oxygen atoms in total. The molecule has 2 rings (SSSR count). The van der Waals surface area contributed by atoms with Crippen molar-refractivity contribution in [3.63, 3.8) is 0 Å². The van der Waals surface area contributed by atoms with Crippen molar-refractivity contribution in [2.75, 3.05) is 5.32 Å². The van der Waals surface area contributed by atoms with Gasteiger partial charge in [-0.3, -0.25) is 4.98 Å². The molecule has 0 aliphatic heterocycles. The number of anilines is 1. The van der Waals surface area contributed by atoms with E-state index >= 15 is 0 Å². The molecule has 0 amide bonds. The van der Waals surface area contributed by atoms with Gasteiger partial charge in [-0.1, -0.05) is 12.1 Å². The van der Waals surface area contributed by atoms with Crippen molar-refractivity contribution < 1.29 is 5.11 Å². The highest BCUT2D eigenvalue weighted by Gasteiger charge is 2.01. The predicted octanol–water partition coefficient (Wildman–Crippen LogP) is 2.27. The molecule has 0 saturated heterocycles. The van der Waals surface area contributed by atoms with Gasteiger partial charge in [-0.2, -0.15) is 0 Å². The second-order valence-corrected chi connectivity index (χ2v) is 4.09. The van der Waals surface area contributed by atoms with Crippen molar-refractivity contribution in [1.29, 1.82) is 0 Å². The zero-order valence-corrected chi connectivity index (χ0v) is 10.4. The number of pyridine rings is 1. The number of para-hydroxylation sites is 2. The summed E-state index contributed by atoms with van der Waals surface area (Å²) in [4.78, 5) is 3.94. The first-order valence-corrected chi connectivity index (χ1v) is 5.88. The summed E-state index contributed by atoms with van der Waals surface area (Å²) in [6.07, 6.45) is 3.47. The third kappa shape index (κ3) is 3.43. The molecule has 0 radical (unpaired) electrons. The molecular formula is C13H13N3OS. The number of thiocarbonyl (C=S) groups is 1. The number of hydrogen-bond acceptors (Lipinski definition) is 3. The van der Waals surface area contributed by atoms with Gasteiger partial charge in [0, 0.05) is 18.9 Å². The molecule has 0 spiro atoms. The van der Waals surface area contributed by atoms with Gasteiger partial charge in [0.25, 0.3) is 0 Å². The Hall–Kier alpha value is -2.14. The number of aromatic nitrogens is 1. The highest BCUT2D eigenvalue weighted by molar-refractivity contribution is 7.80. The molecule has 0 atom stereocenters. The predicted molar refractivity (Wildman–Crippen MR) is 75.4 cm³/mol. The topological polar surface area (TPSA) is 57.2 Å². The van der Waals surface area contributed by atoms with Gasteiger partial charge in [0.15, 0.2) is 5.11 Å². The van der Waals surface area contributed by atoms with Crippen molar-refractivity contribution >= 4 is 23.0 Å². The van der Waals surface area contributed by atoms with Crippen LogP contribution in [-0.2, 0) is 6.54 Å². The number of phenols is 1. The van der Waals surface area contributed by atoms with Gasteiger partial charge in [-0.25, -0.2) is 0 Å². The Morgan fingerprint density at radius 1 is 1.17 bits per heavy atom. The summed E-state index contributed by atoms with van der Waals surface area (Å²) < 4.78 is 0. The molecule has 3 N–H and O–H groups in total. The fourth-order valence-electron chi connectivity index (χ4n) is 1.43. The van der Waals surface area contributed by atoms with Crippen LogP contribution in [0.25, 0.3) is 0 Å². The van der Waals surface area contributed by atoms with Crippen LogP contribution in [0.2, 0.25) is 0 Å². The molecule has 0 fully saturated rings. The van der Waals surface area contributed by atoms with Crippen molar-refractivity contribution in [3.8, 4) is 5.75 Å². The van der Waals surface area contributed by atoms with E-state index in [0.717, 1.165) is 5.56 Å². The summed E-state index contributed by atoms with van der Waals surface area (Å²) in [5.41, 5.74) is 1.68. The smallest absolute Gasteiger partial charge is 0.171 e. The van der Waals surface area contributed by atoms with Crippen molar-refractivity contribution in [2.45, 2.75) is 6.54 Å². The minimum absolute atomic E-state index is 0.172. The minimum atomic E-state index is 0.172. The number of aromatic hydroxyl groups is 1. The van der Waals surface area contributed by atoms with E-state index < -0.39 is 0 Å². The highest BCUT2D eigenvalue weighted by Crippen LogP contribution is 2.21. The molecule has 1 aromatic carbocycles. The molecule has 1 aromatic heterocycles. The molecule has 0 aliphatic carbocycles. The second-order valence-electron chi connectivity index (χ2n) is 3.68. The van der Waals surface area contributed by atoms with E-state index in [4.69, 9.17) is 12.2 Å². The maximum atomic E-state index is 9.59. The second kappa shape index (κ2) is 5.97. The Bertz CT molecular complexity index is 531. The molecule has 0 bridgehead atoms. The Labute approximate surface area is 111 Å². The molecule has 18 heavy (non-hydrogen) atoms. The first kappa shape index (κ1) is 12.3. The van der Waals surface area contributed by atoms with E-state index in [0.29, 0.717) is 17.3 Å². The lowest BCUT2D eigenvalue weighted by Gasteiger charge is -2.11. The Kier molecular flexibility index (Phi) is 4.09. The van der Waals surface area contributed by atoms with E-state index in [1.54, 1.807) is 30.6 Å². The van der Waals surface area contributed by atoms with E-state index in [9.17, 15) is 5.11 Å². The average molecular weight is 259 g/mol. The lowest BCUT2D eigenvalue weighted by Crippen LogP contribution is -2.27. The normalized spacial score (nSPS) is 9.78. The van der Waals surface area contributed by atoms with Gasteiger partial charge in [-0.15, -0.1) is 0 Å². The van der Waals surface area contributed by atoms with Crippen molar-refractivity contribution in [1.82, 2.24) is 10.3 Å². The van der Waals surface area contributed by atoms with Crippen LogP contribution in [-0.4, -0.2) is 15.2 Å². The monoisotopic (exact) mass is 259 g/mol. The van der Waals surface area contributed by atoms with Gasteiger partial charge in [0.05, 0.1) is 5.69 Å². The zero-order valence-electron chi connectivity index (χ0n) is 9.63. The fraction of sp³-hybridized carbons (Fsp3) is 0.0769. The van der Waals surface area contributed by atoms with Crippen LogP contribution in [0, 0.1) is 0 Å². The maximum absolute atomic E-state index is 9.59. The Balaban J connectivity index is 1.88. The first-order chi connectivity index (χ1) is 8.75. The number of hydrogen-bond donors (Lipinski definition) is 3. The standard InChI is InChI=1S/C13H13N3OS/c17-12-4-2-1-3-11(12)16-13(18)15-9-10-5-7-14-8-6-10/h1-8,17H,9H2,(H2,15,16,18). The number of phenolic OH excluding ortho intramolecular Hbond substituents is 1. The Morgan fingerprint density at radius 2 is 1.89 bits per heavy atom. The van der Waals surface area contributed by atoms with Gasteiger partial charge in [0.2, 0.25) is 0 Å². The van der Waals surface area contributed by atoms with Crippen LogP contribution < -0.4 is 10.6 Å². The molecular weight excluding hydrogens is 246 g/mol. The number of rotatable bonds is 3. The summed E-state index contributed by atoms with van der Waals surface area (Å²) >= 11 is 5.15. The van der Waals surface area contributed by atoms with Gasteiger partial charge in [0.1, 0.15) is 5.75 Å². The van der Waals surface area contributed by atoms with E-state index in [2.05, 4.69) is 15.6 Å². The lowest BCUT2D eigenvalue weighted by atomic mass is 10.3. The molecule has 2 aromatic rings. The summed E-state index contributed by atoms with van der Waals surface area (Å²) in [7, 11) is 0. The van der Waals surface area contributed by atoms with Crippen LogP contribution in [0.5, 0.6) is 5.75 Å². The molecule has 0 unspecified atom stereocenters. The van der Waals surface area contributed by atoms with Crippen LogP contribution in [0.1, 0.15) is 5.56 Å². The minimum Gasteiger partial charge on any atom is -0.506 e. The van der Waals surface area contributed by atoms with E-state index in [1.807, 2.05) is 18.2 Å². The largest absolute Gasteiger partial charge is 0.506 e. The van der Waals surface area contributed by atoms with Gasteiger partial charge < -0.3 is 15.7 Å². The highest BCUT2D eigenvalue weighted by atomic mass is 32.1. The molecule has 92 valence electrons. The molecule has 0 aliphatic rings. The number of nitrogens with one attached hydrogen (secondary N) is 2. The first-order valence-electron chi connectivity index (χ1n) is 5.47. The number of benzene rings is 1. The summed E-state index contributed by atoms with van der Waals surface area (Å²) in [5, 5.41) is 16.0. The lowest BCUT2D eigenvalue weighted by molar-refractivity contribution is 0.478. The van der Waals surface area contributed by atoms with Crippen LogP contribution in [0.4, 0.5) is 5.69 Å². The van der Waals surface area contributed by atoms with E-state index in [-0.39, 0.29) is 5.75 Å². The zero-order chi connectivity index (χ0) is 12.8. The van der Waals surface area contributed by atoms with Crippen LogP contribution >= 0.6 is 12.2 Å². The molecule has 1 heterocycles. The maximum Gasteiger partial charge on any atom is 0.171 e.